The highest BCUT2D eigenvalue weighted by Crippen LogP contribution is 2.13. The van der Waals surface area contributed by atoms with Crippen molar-refractivity contribution in [3.8, 4) is 0 Å². The number of likely N-dealkylation sites (N-methyl/N-ethyl adjacent to an activating group) is 1. The van der Waals surface area contributed by atoms with Crippen LogP contribution in [-0.4, -0.2) is 28.6 Å². The Bertz CT molecular complexity index is 690. The molecular formula is C15H17FN2O2S. The van der Waals surface area contributed by atoms with Crippen LogP contribution in [0.15, 0.2) is 59.5 Å². The maximum absolute atomic E-state index is 13.5. The molecule has 0 saturated heterocycles. The van der Waals surface area contributed by atoms with Crippen molar-refractivity contribution in [3.05, 3.63) is 60.4 Å². The Morgan fingerprint density at radius 3 is 2.33 bits per heavy atom. The van der Waals surface area contributed by atoms with E-state index < -0.39 is 15.8 Å². The largest absolute Gasteiger partial charge is 0.373 e. The normalized spacial score (nSPS) is 11.3. The molecule has 2 aromatic rings. The first-order valence-electron chi connectivity index (χ1n) is 6.51. The average Bonchev–Trinajstić information content (AvgIpc) is 2.48. The molecule has 0 spiro atoms. The predicted octanol–water partition coefficient (Wildman–Crippen LogP) is 2.24. The maximum atomic E-state index is 13.5. The van der Waals surface area contributed by atoms with E-state index in [0.717, 1.165) is 11.8 Å². The molecule has 0 heterocycles. The molecule has 2 aromatic carbocycles. The zero-order valence-corrected chi connectivity index (χ0v) is 12.5. The van der Waals surface area contributed by atoms with E-state index in [4.69, 9.17) is 0 Å². The van der Waals surface area contributed by atoms with Gasteiger partial charge in [0.05, 0.1) is 0 Å². The van der Waals surface area contributed by atoms with E-state index in [1.54, 1.807) is 0 Å². The lowest BCUT2D eigenvalue weighted by atomic mass is 10.3. The number of nitrogens with zero attached hydrogens (tertiary/aromatic N) is 1. The fourth-order valence-corrected chi connectivity index (χ4v) is 3.00. The minimum absolute atomic E-state index is 0.196. The van der Waals surface area contributed by atoms with Crippen molar-refractivity contribution in [1.29, 1.82) is 0 Å². The summed E-state index contributed by atoms with van der Waals surface area (Å²) in [4.78, 5) is 1.59. The number of hydrogen-bond donors (Lipinski definition) is 1. The van der Waals surface area contributed by atoms with Gasteiger partial charge in [-0.25, -0.2) is 17.5 Å². The standard InChI is InChI=1S/C15H17FN2O2S/c1-18(13-7-3-2-4-8-13)12-11-17-21(19,20)15-10-6-5-9-14(15)16/h2-10,17H,11-12H2,1H3. The van der Waals surface area contributed by atoms with Crippen molar-refractivity contribution < 1.29 is 12.8 Å². The monoisotopic (exact) mass is 308 g/mol. The van der Waals surface area contributed by atoms with Gasteiger partial charge in [0, 0.05) is 25.8 Å². The number of anilines is 1. The topological polar surface area (TPSA) is 49.4 Å². The van der Waals surface area contributed by atoms with Gasteiger partial charge in [0.2, 0.25) is 10.0 Å². The van der Waals surface area contributed by atoms with E-state index in [1.165, 1.54) is 18.2 Å². The molecule has 112 valence electrons. The van der Waals surface area contributed by atoms with Gasteiger partial charge >= 0.3 is 0 Å². The third kappa shape index (κ3) is 4.03. The smallest absolute Gasteiger partial charge is 0.243 e. The molecule has 0 aliphatic rings. The van der Waals surface area contributed by atoms with Crippen molar-refractivity contribution in [2.24, 2.45) is 0 Å². The number of benzene rings is 2. The van der Waals surface area contributed by atoms with Crippen molar-refractivity contribution >= 4 is 15.7 Å². The first kappa shape index (κ1) is 15.5. The third-order valence-corrected chi connectivity index (χ3v) is 4.56. The summed E-state index contributed by atoms with van der Waals surface area (Å²) in [5, 5.41) is 0. The van der Waals surface area contributed by atoms with Crippen molar-refractivity contribution in [2.75, 3.05) is 25.0 Å². The number of halogens is 1. The van der Waals surface area contributed by atoms with Crippen LogP contribution in [0.1, 0.15) is 0 Å². The molecular weight excluding hydrogens is 291 g/mol. The Morgan fingerprint density at radius 2 is 1.67 bits per heavy atom. The predicted molar refractivity (Wildman–Crippen MR) is 81.3 cm³/mol. The van der Waals surface area contributed by atoms with Crippen LogP contribution in [0, 0.1) is 5.82 Å². The SMILES string of the molecule is CN(CCNS(=O)(=O)c1ccccc1F)c1ccccc1. The molecule has 0 aromatic heterocycles. The third-order valence-electron chi connectivity index (χ3n) is 3.06. The minimum atomic E-state index is -3.82. The van der Waals surface area contributed by atoms with Gasteiger partial charge in [-0.3, -0.25) is 0 Å². The summed E-state index contributed by atoms with van der Waals surface area (Å²) in [6, 6.07) is 14.9. The van der Waals surface area contributed by atoms with Crippen LogP contribution in [0.3, 0.4) is 0 Å². The molecule has 21 heavy (non-hydrogen) atoms. The molecule has 0 unspecified atom stereocenters. The lowest BCUT2D eigenvalue weighted by molar-refractivity contribution is 0.557. The number of nitrogens with one attached hydrogen (secondary N) is 1. The summed E-state index contributed by atoms with van der Waals surface area (Å²) in [5.41, 5.74) is 0.989. The minimum Gasteiger partial charge on any atom is -0.373 e. The summed E-state index contributed by atoms with van der Waals surface area (Å²) < 4.78 is 39.9. The van der Waals surface area contributed by atoms with Gasteiger partial charge in [0.15, 0.2) is 0 Å². The van der Waals surface area contributed by atoms with Crippen molar-refractivity contribution in [3.63, 3.8) is 0 Å². The highest BCUT2D eigenvalue weighted by Gasteiger charge is 2.17. The van der Waals surface area contributed by atoms with E-state index in [9.17, 15) is 12.8 Å². The molecule has 1 N–H and O–H groups in total. The van der Waals surface area contributed by atoms with Gasteiger partial charge < -0.3 is 4.90 Å². The second-order valence-electron chi connectivity index (χ2n) is 4.59. The average molecular weight is 308 g/mol. The summed E-state index contributed by atoms with van der Waals surface area (Å²) in [6.07, 6.45) is 0. The van der Waals surface area contributed by atoms with Crippen molar-refractivity contribution in [2.45, 2.75) is 4.90 Å². The summed E-state index contributed by atoms with van der Waals surface area (Å²) >= 11 is 0. The van der Waals surface area contributed by atoms with Gasteiger partial charge in [-0.1, -0.05) is 30.3 Å². The van der Waals surface area contributed by atoms with Crippen LogP contribution in [-0.2, 0) is 10.0 Å². The molecule has 0 amide bonds. The number of para-hydroxylation sites is 1. The Hall–Kier alpha value is -1.92. The molecule has 0 aliphatic heterocycles. The zero-order valence-electron chi connectivity index (χ0n) is 11.7. The van der Waals surface area contributed by atoms with Gasteiger partial charge in [0.25, 0.3) is 0 Å². The van der Waals surface area contributed by atoms with Crippen LogP contribution in [0.4, 0.5) is 10.1 Å². The van der Waals surface area contributed by atoms with E-state index in [2.05, 4.69) is 4.72 Å². The molecule has 0 fully saturated rings. The van der Waals surface area contributed by atoms with E-state index >= 15 is 0 Å². The first-order chi connectivity index (χ1) is 10.0. The van der Waals surface area contributed by atoms with Gasteiger partial charge in [0.1, 0.15) is 10.7 Å². The van der Waals surface area contributed by atoms with Crippen LogP contribution < -0.4 is 9.62 Å². The Labute approximate surface area is 124 Å². The molecule has 0 aliphatic carbocycles. The molecule has 0 saturated carbocycles. The number of sulfonamides is 1. The molecule has 2 rings (SSSR count). The molecule has 0 radical (unpaired) electrons. The van der Waals surface area contributed by atoms with Crippen molar-refractivity contribution in [1.82, 2.24) is 4.72 Å². The zero-order chi connectivity index (χ0) is 15.3. The Balaban J connectivity index is 1.96. The Morgan fingerprint density at radius 1 is 1.05 bits per heavy atom. The quantitative estimate of drug-likeness (QED) is 0.890. The van der Waals surface area contributed by atoms with E-state index in [-0.39, 0.29) is 11.4 Å². The van der Waals surface area contributed by atoms with Gasteiger partial charge in [-0.2, -0.15) is 0 Å². The van der Waals surface area contributed by atoms with Crippen LogP contribution >= 0.6 is 0 Å². The molecule has 4 nitrogen and oxygen atoms in total. The highest BCUT2D eigenvalue weighted by atomic mass is 32.2. The lowest BCUT2D eigenvalue weighted by Crippen LogP contribution is -2.33. The second kappa shape index (κ2) is 6.69. The summed E-state index contributed by atoms with van der Waals surface area (Å²) in [5.74, 6) is -0.749. The van der Waals surface area contributed by atoms with Crippen LogP contribution in [0.5, 0.6) is 0 Å². The number of rotatable bonds is 6. The summed E-state index contributed by atoms with van der Waals surface area (Å²) in [6.45, 7) is 0.680. The van der Waals surface area contributed by atoms with Crippen LogP contribution in [0.25, 0.3) is 0 Å². The Kier molecular flexibility index (Phi) is 4.93. The lowest BCUT2D eigenvalue weighted by Gasteiger charge is -2.19. The maximum Gasteiger partial charge on any atom is 0.243 e. The van der Waals surface area contributed by atoms with Gasteiger partial charge in [-0.15, -0.1) is 0 Å². The molecule has 0 atom stereocenters. The number of hydrogen-bond acceptors (Lipinski definition) is 3. The second-order valence-corrected chi connectivity index (χ2v) is 6.32. The van der Waals surface area contributed by atoms with E-state index in [1.807, 2.05) is 42.3 Å². The van der Waals surface area contributed by atoms with Gasteiger partial charge in [-0.05, 0) is 24.3 Å². The first-order valence-corrected chi connectivity index (χ1v) is 7.99. The van der Waals surface area contributed by atoms with E-state index in [0.29, 0.717) is 6.54 Å². The fraction of sp³-hybridized carbons (Fsp3) is 0.200. The summed E-state index contributed by atoms with van der Waals surface area (Å²) in [7, 11) is -1.95. The fourth-order valence-electron chi connectivity index (χ4n) is 1.90. The molecule has 0 bridgehead atoms. The molecule has 6 heteroatoms. The highest BCUT2D eigenvalue weighted by molar-refractivity contribution is 7.89. The van der Waals surface area contributed by atoms with Crippen LogP contribution in [0.2, 0.25) is 0 Å².